The summed E-state index contributed by atoms with van der Waals surface area (Å²) in [6.45, 7) is 5.09. The molecule has 0 aromatic carbocycles. The number of aliphatic hydroxyl groups excluding tert-OH is 1. The van der Waals surface area contributed by atoms with Crippen LogP contribution in [0.2, 0.25) is 0 Å². The fraction of sp³-hybridized carbons (Fsp3) is 0.913. The minimum atomic E-state index is -0.0440. The Kier molecular flexibility index (Phi) is 4.49. The van der Waals surface area contributed by atoms with Gasteiger partial charge in [0, 0.05) is 13.0 Å². The lowest BCUT2D eigenvalue weighted by Crippen LogP contribution is -2.54. The van der Waals surface area contributed by atoms with E-state index in [0.717, 1.165) is 36.5 Å². The van der Waals surface area contributed by atoms with Gasteiger partial charge in [0.2, 0.25) is 0 Å². The molecule has 0 saturated heterocycles. The fourth-order valence-corrected chi connectivity index (χ4v) is 8.12. The third kappa shape index (κ3) is 2.53. The van der Waals surface area contributed by atoms with Gasteiger partial charge in [0.15, 0.2) is 0 Å². The summed E-state index contributed by atoms with van der Waals surface area (Å²) in [4.78, 5) is 0. The Morgan fingerprint density at radius 1 is 1.00 bits per heavy atom. The van der Waals surface area contributed by atoms with Crippen LogP contribution < -0.4 is 0 Å². The van der Waals surface area contributed by atoms with Crippen molar-refractivity contribution >= 4 is 0 Å². The summed E-state index contributed by atoms with van der Waals surface area (Å²) in [7, 11) is 1.78. The van der Waals surface area contributed by atoms with Crippen LogP contribution >= 0.6 is 0 Å². The van der Waals surface area contributed by atoms with Gasteiger partial charge in [-0.05, 0) is 92.3 Å². The zero-order valence-electron chi connectivity index (χ0n) is 16.3. The molecule has 25 heavy (non-hydrogen) atoms. The first-order valence-electron chi connectivity index (χ1n) is 10.6. The predicted octanol–water partition coefficient (Wildman–Crippen LogP) is 4.65. The van der Waals surface area contributed by atoms with Crippen LogP contribution in [0.1, 0.15) is 71.6 Å². The van der Waals surface area contributed by atoms with E-state index >= 15 is 0 Å². The number of ether oxygens (including phenoxy) is 1. The van der Waals surface area contributed by atoms with Crippen LogP contribution in [0.15, 0.2) is 0 Å². The van der Waals surface area contributed by atoms with Crippen molar-refractivity contribution in [3.05, 3.63) is 0 Å². The summed E-state index contributed by atoms with van der Waals surface area (Å²) in [5.41, 5.74) is 0.833. The Morgan fingerprint density at radius 3 is 2.44 bits per heavy atom. The molecule has 0 aromatic heterocycles. The number of aliphatic hydroxyl groups is 1. The minimum Gasteiger partial charge on any atom is -0.393 e. The Bertz CT molecular complexity index is 551. The first-order valence-corrected chi connectivity index (χ1v) is 10.6. The molecule has 0 heterocycles. The maximum atomic E-state index is 10.2. The monoisotopic (exact) mass is 344 g/mol. The molecule has 0 radical (unpaired) electrons. The SMILES string of the molecule is C#C[C@H](OC)[C@H]1CC[C@H]2[C@@H]3CC[C@H]4C[C@H](O)CC[C@]4(C)[C@H]3CC[C@]12C. The zero-order chi connectivity index (χ0) is 17.8. The van der Waals surface area contributed by atoms with Crippen molar-refractivity contribution in [1.82, 2.24) is 0 Å². The zero-order valence-corrected chi connectivity index (χ0v) is 16.3. The normalized spacial score (nSPS) is 53.2. The van der Waals surface area contributed by atoms with Crippen LogP contribution in [0, 0.1) is 52.8 Å². The molecule has 0 unspecified atom stereocenters. The number of fused-ring (bicyclic) bond motifs is 5. The fourth-order valence-electron chi connectivity index (χ4n) is 8.12. The second-order valence-corrected chi connectivity index (χ2v) is 10.1. The van der Waals surface area contributed by atoms with Crippen molar-refractivity contribution in [2.24, 2.45) is 40.4 Å². The molecule has 0 bridgehead atoms. The number of hydrogen-bond acceptors (Lipinski definition) is 2. The molecule has 1 N–H and O–H groups in total. The summed E-state index contributed by atoms with van der Waals surface area (Å²) >= 11 is 0. The van der Waals surface area contributed by atoms with Gasteiger partial charge in [0.25, 0.3) is 0 Å². The second-order valence-electron chi connectivity index (χ2n) is 10.1. The van der Waals surface area contributed by atoms with Gasteiger partial charge < -0.3 is 9.84 Å². The van der Waals surface area contributed by atoms with E-state index < -0.39 is 0 Å². The largest absolute Gasteiger partial charge is 0.393 e. The number of terminal acetylenes is 1. The molecule has 4 aliphatic rings. The molecule has 0 aliphatic heterocycles. The molecule has 0 amide bonds. The van der Waals surface area contributed by atoms with E-state index in [1.807, 2.05) is 0 Å². The van der Waals surface area contributed by atoms with Crippen molar-refractivity contribution in [2.75, 3.05) is 7.11 Å². The van der Waals surface area contributed by atoms with Gasteiger partial charge in [-0.3, -0.25) is 0 Å². The Labute approximate surface area is 154 Å². The summed E-state index contributed by atoms with van der Waals surface area (Å²) in [6, 6.07) is 0. The molecule has 4 fully saturated rings. The predicted molar refractivity (Wildman–Crippen MR) is 101 cm³/mol. The lowest BCUT2D eigenvalue weighted by atomic mass is 9.44. The highest BCUT2D eigenvalue weighted by atomic mass is 16.5. The molecule has 4 saturated carbocycles. The van der Waals surface area contributed by atoms with E-state index in [0.29, 0.717) is 16.7 Å². The topological polar surface area (TPSA) is 29.5 Å². The second kappa shape index (κ2) is 6.28. The summed E-state index contributed by atoms with van der Waals surface area (Å²) in [6.07, 6.45) is 17.0. The van der Waals surface area contributed by atoms with Crippen molar-refractivity contribution in [3.8, 4) is 12.3 Å². The van der Waals surface area contributed by atoms with Gasteiger partial charge in [-0.25, -0.2) is 0 Å². The molecule has 2 heteroatoms. The van der Waals surface area contributed by atoms with E-state index in [9.17, 15) is 5.11 Å². The van der Waals surface area contributed by atoms with Crippen LogP contribution in [0.25, 0.3) is 0 Å². The third-order valence-electron chi connectivity index (χ3n) is 9.50. The van der Waals surface area contributed by atoms with Gasteiger partial charge >= 0.3 is 0 Å². The van der Waals surface area contributed by atoms with Crippen molar-refractivity contribution in [1.29, 1.82) is 0 Å². The molecule has 9 atom stereocenters. The molecule has 4 aliphatic carbocycles. The quantitative estimate of drug-likeness (QED) is 0.739. The lowest BCUT2D eigenvalue weighted by Gasteiger charge is -2.61. The average molecular weight is 345 g/mol. The smallest absolute Gasteiger partial charge is 0.120 e. The van der Waals surface area contributed by atoms with Gasteiger partial charge in [-0.2, -0.15) is 0 Å². The Balaban J connectivity index is 1.59. The summed E-state index contributed by atoms with van der Waals surface area (Å²) < 4.78 is 5.69. The number of hydrogen-bond donors (Lipinski definition) is 1. The lowest BCUT2D eigenvalue weighted by molar-refractivity contribution is -0.131. The molecule has 4 rings (SSSR count). The highest BCUT2D eigenvalue weighted by molar-refractivity contribution is 5.13. The van der Waals surface area contributed by atoms with Crippen molar-refractivity contribution in [3.63, 3.8) is 0 Å². The van der Waals surface area contributed by atoms with Crippen LogP contribution in [0.4, 0.5) is 0 Å². The summed E-state index contributed by atoms with van der Waals surface area (Å²) in [5.74, 6) is 6.77. The number of rotatable bonds is 2. The van der Waals surface area contributed by atoms with E-state index in [4.69, 9.17) is 11.2 Å². The first kappa shape index (κ1) is 17.9. The van der Waals surface area contributed by atoms with Crippen LogP contribution in [0.3, 0.4) is 0 Å². The van der Waals surface area contributed by atoms with Gasteiger partial charge in [-0.1, -0.05) is 19.8 Å². The van der Waals surface area contributed by atoms with Crippen molar-refractivity contribution < 1.29 is 9.84 Å². The Morgan fingerprint density at radius 2 is 1.72 bits per heavy atom. The van der Waals surface area contributed by atoms with Crippen LogP contribution in [-0.2, 0) is 4.74 Å². The standard InChI is InChI=1S/C23H36O2/c1-5-21(25-4)20-9-8-18-17-7-6-15-14-16(24)10-12-22(15,2)19(17)11-13-23(18,20)3/h1,15-21,24H,6-14H2,2-4H3/t15-,16+,17-,18-,19-,20+,21-,22-,23-/m0/s1. The maximum Gasteiger partial charge on any atom is 0.120 e. The minimum absolute atomic E-state index is 0.0108. The van der Waals surface area contributed by atoms with Crippen LogP contribution in [0.5, 0.6) is 0 Å². The molecule has 140 valence electrons. The van der Waals surface area contributed by atoms with Crippen molar-refractivity contribution in [2.45, 2.75) is 83.8 Å². The Hall–Kier alpha value is -0.520. The van der Waals surface area contributed by atoms with Gasteiger partial charge in [0.05, 0.1) is 6.10 Å². The molecule has 0 spiro atoms. The van der Waals surface area contributed by atoms with E-state index in [1.165, 1.54) is 44.9 Å². The van der Waals surface area contributed by atoms with E-state index in [1.54, 1.807) is 7.11 Å². The van der Waals surface area contributed by atoms with Gasteiger partial charge in [-0.15, -0.1) is 6.42 Å². The van der Waals surface area contributed by atoms with Crippen LogP contribution in [-0.4, -0.2) is 24.4 Å². The summed E-state index contributed by atoms with van der Waals surface area (Å²) in [5, 5.41) is 10.2. The molecular weight excluding hydrogens is 308 g/mol. The van der Waals surface area contributed by atoms with Gasteiger partial charge in [0.1, 0.15) is 6.10 Å². The molecule has 0 aromatic rings. The third-order valence-corrected chi connectivity index (χ3v) is 9.50. The highest BCUT2D eigenvalue weighted by Gasteiger charge is 2.60. The van der Waals surface area contributed by atoms with E-state index in [2.05, 4.69) is 19.8 Å². The molecule has 2 nitrogen and oxygen atoms in total. The highest BCUT2D eigenvalue weighted by Crippen LogP contribution is 2.67. The van der Waals surface area contributed by atoms with E-state index in [-0.39, 0.29) is 12.2 Å². The average Bonchev–Trinajstić information content (AvgIpc) is 2.94. The first-order chi connectivity index (χ1) is 11.9. The number of methoxy groups -OCH3 is 1. The maximum absolute atomic E-state index is 10.2. The molecular formula is C23H36O2.